The molecule has 1 atom stereocenters. The summed E-state index contributed by atoms with van der Waals surface area (Å²) in [6.45, 7) is 1.35. The number of rotatable bonds is 5. The molecule has 1 amide bonds. The minimum atomic E-state index is -4.46. The fourth-order valence-electron chi connectivity index (χ4n) is 3.71. The van der Waals surface area contributed by atoms with Crippen LogP contribution in [0.15, 0.2) is 42.6 Å². The molecule has 4 rings (SSSR count). The van der Waals surface area contributed by atoms with Crippen molar-refractivity contribution < 1.29 is 22.7 Å². The van der Waals surface area contributed by atoms with Gasteiger partial charge in [0.2, 0.25) is 11.9 Å². The molecule has 0 aliphatic carbocycles. The van der Waals surface area contributed by atoms with E-state index < -0.39 is 11.7 Å². The van der Waals surface area contributed by atoms with E-state index in [0.29, 0.717) is 37.7 Å². The summed E-state index contributed by atoms with van der Waals surface area (Å²) in [6, 6.07) is 9.70. The van der Waals surface area contributed by atoms with Crippen LogP contribution in [0.1, 0.15) is 24.0 Å². The second kappa shape index (κ2) is 8.44. The van der Waals surface area contributed by atoms with Crippen molar-refractivity contribution in [3.05, 3.63) is 53.7 Å². The summed E-state index contributed by atoms with van der Waals surface area (Å²) in [6.07, 6.45) is -2.02. The van der Waals surface area contributed by atoms with Gasteiger partial charge in [-0.1, -0.05) is 12.1 Å². The summed E-state index contributed by atoms with van der Waals surface area (Å²) in [7, 11) is 1.59. The Kier molecular flexibility index (Phi) is 5.71. The van der Waals surface area contributed by atoms with Gasteiger partial charge in [-0.2, -0.15) is 13.2 Å². The Balaban J connectivity index is 1.45. The predicted molar refractivity (Wildman–Crippen MR) is 108 cm³/mol. The van der Waals surface area contributed by atoms with Crippen molar-refractivity contribution in [3.63, 3.8) is 0 Å². The van der Waals surface area contributed by atoms with Crippen LogP contribution in [0.3, 0.4) is 0 Å². The number of hydrogen-bond donors (Lipinski definition) is 1. The summed E-state index contributed by atoms with van der Waals surface area (Å²) < 4.78 is 45.8. The van der Waals surface area contributed by atoms with Crippen LogP contribution in [0.4, 0.5) is 19.1 Å². The van der Waals surface area contributed by atoms with Crippen molar-refractivity contribution in [3.8, 4) is 5.75 Å². The van der Waals surface area contributed by atoms with E-state index in [1.807, 2.05) is 29.2 Å². The third-order valence-corrected chi connectivity index (χ3v) is 5.41. The maximum Gasteiger partial charge on any atom is 0.417 e. The van der Waals surface area contributed by atoms with Crippen LogP contribution in [0, 0.1) is 5.92 Å². The van der Waals surface area contributed by atoms with Gasteiger partial charge in [0.05, 0.1) is 18.6 Å². The Labute approximate surface area is 176 Å². The molecular weight excluding hydrogens is 411 g/mol. The lowest BCUT2D eigenvalue weighted by atomic mass is 9.97. The topological polar surface area (TPSA) is 71.8 Å². The standard InChI is InChI=1S/C21H22F3N5O2/c1-31-17-7-4-14(5-8-17)11-25-19(30)15-3-2-10-28(12-15)20-27-26-18-9-6-16(13-29(18)20)21(22,23)24/h4-9,13,15H,2-3,10-12H2,1H3,(H,25,30)/t15-/m1/s1. The van der Waals surface area contributed by atoms with Crippen molar-refractivity contribution in [1.82, 2.24) is 19.9 Å². The molecule has 31 heavy (non-hydrogen) atoms. The molecule has 3 aromatic rings. The van der Waals surface area contributed by atoms with E-state index in [0.717, 1.165) is 30.0 Å². The molecule has 0 radical (unpaired) electrons. The largest absolute Gasteiger partial charge is 0.497 e. The Morgan fingerprint density at radius 1 is 1.19 bits per heavy atom. The molecule has 0 bridgehead atoms. The highest BCUT2D eigenvalue weighted by molar-refractivity contribution is 5.79. The van der Waals surface area contributed by atoms with Crippen molar-refractivity contribution in [2.75, 3.05) is 25.1 Å². The number of anilines is 1. The molecule has 1 aliphatic rings. The molecule has 7 nitrogen and oxygen atoms in total. The van der Waals surface area contributed by atoms with E-state index in [2.05, 4.69) is 15.5 Å². The minimum absolute atomic E-state index is 0.0923. The van der Waals surface area contributed by atoms with E-state index in [9.17, 15) is 18.0 Å². The number of pyridine rings is 1. The van der Waals surface area contributed by atoms with Gasteiger partial charge in [0.25, 0.3) is 0 Å². The summed E-state index contributed by atoms with van der Waals surface area (Å²) in [5.41, 5.74) is 0.505. The number of amides is 1. The first-order valence-corrected chi connectivity index (χ1v) is 9.93. The van der Waals surface area contributed by atoms with Crippen LogP contribution >= 0.6 is 0 Å². The van der Waals surface area contributed by atoms with Gasteiger partial charge >= 0.3 is 6.18 Å². The molecule has 1 fully saturated rings. The van der Waals surface area contributed by atoms with Gasteiger partial charge in [-0.3, -0.25) is 9.20 Å². The van der Waals surface area contributed by atoms with Crippen molar-refractivity contribution in [2.24, 2.45) is 5.92 Å². The number of alkyl halides is 3. The van der Waals surface area contributed by atoms with Crippen LogP contribution in [-0.4, -0.2) is 40.7 Å². The fourth-order valence-corrected chi connectivity index (χ4v) is 3.71. The normalized spacial score (nSPS) is 17.0. The number of carbonyl (C=O) groups excluding carboxylic acids is 1. The number of hydrogen-bond acceptors (Lipinski definition) is 5. The number of piperidine rings is 1. The van der Waals surface area contributed by atoms with E-state index in [1.165, 1.54) is 10.5 Å². The van der Waals surface area contributed by atoms with Gasteiger partial charge in [-0.25, -0.2) is 0 Å². The second-order valence-electron chi connectivity index (χ2n) is 7.49. The summed E-state index contributed by atoms with van der Waals surface area (Å²) >= 11 is 0. The Hall–Kier alpha value is -3.30. The molecule has 0 spiro atoms. The number of nitrogens with zero attached hydrogens (tertiary/aromatic N) is 4. The van der Waals surface area contributed by atoms with Crippen molar-refractivity contribution in [1.29, 1.82) is 0 Å². The summed E-state index contributed by atoms with van der Waals surface area (Å²) in [5, 5.41) is 11.0. The zero-order valence-corrected chi connectivity index (χ0v) is 16.9. The van der Waals surface area contributed by atoms with Gasteiger partial charge in [0.1, 0.15) is 5.75 Å². The third kappa shape index (κ3) is 4.57. The molecule has 1 aromatic carbocycles. The Bertz CT molecular complexity index is 1070. The number of carbonyl (C=O) groups is 1. The lowest BCUT2D eigenvalue weighted by Crippen LogP contribution is -2.43. The molecule has 2 aromatic heterocycles. The van der Waals surface area contributed by atoms with Gasteiger partial charge in [0.15, 0.2) is 5.65 Å². The molecule has 1 N–H and O–H groups in total. The van der Waals surface area contributed by atoms with Crippen molar-refractivity contribution in [2.45, 2.75) is 25.6 Å². The number of nitrogens with one attached hydrogen (secondary N) is 1. The van der Waals surface area contributed by atoms with Crippen LogP contribution in [-0.2, 0) is 17.5 Å². The molecule has 0 saturated carbocycles. The molecule has 0 unspecified atom stereocenters. The molecule has 10 heteroatoms. The highest BCUT2D eigenvalue weighted by Gasteiger charge is 2.32. The van der Waals surface area contributed by atoms with Crippen LogP contribution in [0.5, 0.6) is 5.75 Å². The first-order chi connectivity index (χ1) is 14.8. The van der Waals surface area contributed by atoms with Crippen LogP contribution in [0.25, 0.3) is 5.65 Å². The average molecular weight is 433 g/mol. The first-order valence-electron chi connectivity index (χ1n) is 9.93. The lowest BCUT2D eigenvalue weighted by molar-refractivity contribution is -0.137. The van der Waals surface area contributed by atoms with Gasteiger partial charge in [-0.15, -0.1) is 10.2 Å². The third-order valence-electron chi connectivity index (χ3n) is 5.41. The number of ether oxygens (including phenoxy) is 1. The second-order valence-corrected chi connectivity index (χ2v) is 7.49. The molecular formula is C21H22F3N5O2. The smallest absolute Gasteiger partial charge is 0.417 e. The summed E-state index contributed by atoms with van der Waals surface area (Å²) in [4.78, 5) is 14.5. The van der Waals surface area contributed by atoms with E-state index >= 15 is 0 Å². The fraction of sp³-hybridized carbons (Fsp3) is 0.381. The Morgan fingerprint density at radius 2 is 1.97 bits per heavy atom. The zero-order valence-electron chi connectivity index (χ0n) is 16.9. The van der Waals surface area contributed by atoms with E-state index in [-0.39, 0.29) is 11.8 Å². The molecule has 1 saturated heterocycles. The highest BCUT2D eigenvalue weighted by atomic mass is 19.4. The predicted octanol–water partition coefficient (Wildman–Crippen LogP) is 3.29. The van der Waals surface area contributed by atoms with Crippen LogP contribution in [0.2, 0.25) is 0 Å². The number of fused-ring (bicyclic) bond motifs is 1. The highest BCUT2D eigenvalue weighted by Crippen LogP contribution is 2.30. The molecule has 1 aliphatic heterocycles. The average Bonchev–Trinajstić information content (AvgIpc) is 3.20. The van der Waals surface area contributed by atoms with Gasteiger partial charge < -0.3 is 15.0 Å². The Morgan fingerprint density at radius 3 is 2.68 bits per heavy atom. The number of methoxy groups -OCH3 is 1. The monoisotopic (exact) mass is 433 g/mol. The van der Waals surface area contributed by atoms with Crippen molar-refractivity contribution >= 4 is 17.5 Å². The number of benzene rings is 1. The molecule has 164 valence electrons. The SMILES string of the molecule is COc1ccc(CNC(=O)[C@@H]2CCCN(c3nnc4ccc(C(F)(F)F)cn34)C2)cc1. The lowest BCUT2D eigenvalue weighted by Gasteiger charge is -2.32. The van der Waals surface area contributed by atoms with Gasteiger partial charge in [0, 0.05) is 25.8 Å². The minimum Gasteiger partial charge on any atom is -0.497 e. The van der Waals surface area contributed by atoms with Gasteiger partial charge in [-0.05, 0) is 42.7 Å². The number of aromatic nitrogens is 3. The zero-order chi connectivity index (χ0) is 22.0. The van der Waals surface area contributed by atoms with E-state index in [4.69, 9.17) is 4.74 Å². The maximum absolute atomic E-state index is 13.1. The summed E-state index contributed by atoms with van der Waals surface area (Å²) in [5.74, 6) is 0.677. The first kappa shape index (κ1) is 21.0. The quantitative estimate of drug-likeness (QED) is 0.669. The number of halogens is 3. The van der Waals surface area contributed by atoms with E-state index in [1.54, 1.807) is 7.11 Å². The van der Waals surface area contributed by atoms with Crippen LogP contribution < -0.4 is 15.0 Å². The maximum atomic E-state index is 13.1. The molecule has 3 heterocycles.